The highest BCUT2D eigenvalue weighted by molar-refractivity contribution is 5.91. The maximum atomic E-state index is 13.1. The lowest BCUT2D eigenvalue weighted by molar-refractivity contribution is 0.0685. The number of aryl methyl sites for hydroxylation is 1. The first-order valence-corrected chi connectivity index (χ1v) is 9.68. The number of likely N-dealkylation sites (tertiary alicyclic amines) is 1. The van der Waals surface area contributed by atoms with Crippen molar-refractivity contribution in [2.24, 2.45) is 0 Å². The van der Waals surface area contributed by atoms with E-state index in [2.05, 4.69) is 10.2 Å². The molecule has 0 spiro atoms. The molecule has 0 saturated carbocycles. The largest absolute Gasteiger partial charge is 0.478 e. The van der Waals surface area contributed by atoms with Gasteiger partial charge < -0.3 is 14.6 Å². The van der Waals surface area contributed by atoms with Gasteiger partial charge in [0, 0.05) is 32.0 Å². The van der Waals surface area contributed by atoms with Gasteiger partial charge in [-0.2, -0.15) is 0 Å². The molecule has 4 rings (SSSR count). The molecule has 27 heavy (non-hydrogen) atoms. The molecular weight excluding hydrogens is 344 g/mol. The molecule has 1 fully saturated rings. The first kappa shape index (κ1) is 17.7. The van der Waals surface area contributed by atoms with Crippen LogP contribution in [0.4, 0.5) is 0 Å². The van der Waals surface area contributed by atoms with E-state index >= 15 is 0 Å². The van der Waals surface area contributed by atoms with E-state index in [0.717, 1.165) is 63.0 Å². The molecule has 0 unspecified atom stereocenters. The van der Waals surface area contributed by atoms with E-state index in [0.29, 0.717) is 12.4 Å². The molecule has 7 heteroatoms. The predicted octanol–water partition coefficient (Wildman–Crippen LogP) is 2.72. The molecule has 1 saturated heterocycles. The number of benzene rings is 1. The van der Waals surface area contributed by atoms with E-state index < -0.39 is 5.97 Å². The maximum Gasteiger partial charge on any atom is 0.335 e. The smallest absolute Gasteiger partial charge is 0.335 e. The molecule has 2 aliphatic rings. The summed E-state index contributed by atoms with van der Waals surface area (Å²) in [4.78, 5) is 26.0. The molecule has 7 nitrogen and oxygen atoms in total. The van der Waals surface area contributed by atoms with Crippen LogP contribution >= 0.6 is 0 Å². The van der Waals surface area contributed by atoms with Gasteiger partial charge in [0.05, 0.1) is 5.56 Å². The molecule has 142 valence electrons. The Labute approximate surface area is 158 Å². The second-order valence-electron chi connectivity index (χ2n) is 7.42. The molecule has 3 heterocycles. The summed E-state index contributed by atoms with van der Waals surface area (Å²) in [6, 6.07) is 7.00. The van der Waals surface area contributed by atoms with Crippen LogP contribution in [-0.2, 0) is 13.0 Å². The molecule has 1 amide bonds. The van der Waals surface area contributed by atoms with Gasteiger partial charge in [-0.1, -0.05) is 18.6 Å². The van der Waals surface area contributed by atoms with Gasteiger partial charge in [-0.3, -0.25) is 4.79 Å². The van der Waals surface area contributed by atoms with Gasteiger partial charge >= 0.3 is 5.97 Å². The van der Waals surface area contributed by atoms with Crippen LogP contribution in [0.25, 0.3) is 0 Å². The van der Waals surface area contributed by atoms with E-state index in [1.165, 1.54) is 0 Å². The van der Waals surface area contributed by atoms with Gasteiger partial charge in [-0.25, -0.2) is 4.79 Å². The van der Waals surface area contributed by atoms with Gasteiger partial charge in [-0.05, 0) is 43.4 Å². The van der Waals surface area contributed by atoms with Gasteiger partial charge in [-0.15, -0.1) is 10.2 Å². The average molecular weight is 368 g/mol. The van der Waals surface area contributed by atoms with Gasteiger partial charge in [0.1, 0.15) is 5.82 Å². The Morgan fingerprint density at radius 3 is 2.59 bits per heavy atom. The van der Waals surface area contributed by atoms with Crippen LogP contribution in [-0.4, -0.2) is 49.7 Å². The third kappa shape index (κ3) is 3.59. The number of piperidine rings is 1. The summed E-state index contributed by atoms with van der Waals surface area (Å²) in [5.74, 6) is 0.650. The number of fused-ring (bicyclic) bond motifs is 1. The number of hydrogen-bond acceptors (Lipinski definition) is 4. The zero-order valence-corrected chi connectivity index (χ0v) is 15.3. The summed E-state index contributed by atoms with van der Waals surface area (Å²) in [6.07, 6.45) is 6.13. The zero-order valence-electron chi connectivity index (χ0n) is 15.3. The van der Waals surface area contributed by atoms with Gasteiger partial charge in [0.25, 0.3) is 5.91 Å². The van der Waals surface area contributed by atoms with Crippen molar-refractivity contribution in [1.29, 1.82) is 0 Å². The Bertz CT molecular complexity index is 843. The number of aromatic nitrogens is 3. The number of carboxylic acid groups (broad SMARTS) is 1. The lowest BCUT2D eigenvalue weighted by Gasteiger charge is -2.32. The van der Waals surface area contributed by atoms with Crippen LogP contribution in [0.2, 0.25) is 0 Å². The van der Waals surface area contributed by atoms with Crippen molar-refractivity contribution in [3.8, 4) is 0 Å². The lowest BCUT2D eigenvalue weighted by Crippen LogP contribution is -2.40. The number of amides is 1. The molecule has 0 radical (unpaired) electrons. The van der Waals surface area contributed by atoms with Crippen molar-refractivity contribution in [1.82, 2.24) is 19.7 Å². The molecule has 1 N–H and O–H groups in total. The van der Waals surface area contributed by atoms with Crippen molar-refractivity contribution in [2.75, 3.05) is 13.1 Å². The second-order valence-corrected chi connectivity index (χ2v) is 7.42. The topological polar surface area (TPSA) is 88.3 Å². The summed E-state index contributed by atoms with van der Waals surface area (Å²) < 4.78 is 2.00. The van der Waals surface area contributed by atoms with Crippen LogP contribution in [0.15, 0.2) is 24.3 Å². The number of aromatic carboxylic acids is 1. The number of hydrogen-bond donors (Lipinski definition) is 1. The third-order valence-electron chi connectivity index (χ3n) is 5.64. The zero-order chi connectivity index (χ0) is 18.8. The Kier molecular flexibility index (Phi) is 4.92. The number of rotatable bonds is 3. The lowest BCUT2D eigenvalue weighted by atomic mass is 9.90. The van der Waals surface area contributed by atoms with Crippen molar-refractivity contribution in [2.45, 2.75) is 51.0 Å². The molecule has 1 aromatic carbocycles. The van der Waals surface area contributed by atoms with E-state index in [1.807, 2.05) is 21.6 Å². The fourth-order valence-corrected chi connectivity index (χ4v) is 4.12. The van der Waals surface area contributed by atoms with Crippen LogP contribution in [0.1, 0.15) is 70.4 Å². The molecule has 2 aromatic rings. The molecule has 0 aliphatic carbocycles. The van der Waals surface area contributed by atoms with E-state index in [-0.39, 0.29) is 17.4 Å². The summed E-state index contributed by atoms with van der Waals surface area (Å²) >= 11 is 0. The van der Waals surface area contributed by atoms with E-state index in [1.54, 1.807) is 12.1 Å². The quantitative estimate of drug-likeness (QED) is 0.900. The minimum Gasteiger partial charge on any atom is -0.478 e. The number of carbonyl (C=O) groups is 2. The van der Waals surface area contributed by atoms with Crippen molar-refractivity contribution >= 4 is 11.9 Å². The van der Waals surface area contributed by atoms with Crippen molar-refractivity contribution in [3.63, 3.8) is 0 Å². The summed E-state index contributed by atoms with van der Waals surface area (Å²) in [5, 5.41) is 17.5. The minimum atomic E-state index is -0.922. The normalized spacial score (nSPS) is 20.0. The average Bonchev–Trinajstić information content (AvgIpc) is 2.95. The van der Waals surface area contributed by atoms with Crippen LogP contribution < -0.4 is 0 Å². The Hall–Kier alpha value is -2.70. The molecule has 0 bridgehead atoms. The molecule has 1 atom stereocenters. The Morgan fingerprint density at radius 2 is 1.81 bits per heavy atom. The van der Waals surface area contributed by atoms with Crippen LogP contribution in [0, 0.1) is 0 Å². The predicted molar refractivity (Wildman–Crippen MR) is 98.9 cm³/mol. The second kappa shape index (κ2) is 7.50. The highest BCUT2D eigenvalue weighted by Crippen LogP contribution is 2.28. The maximum absolute atomic E-state index is 13.1. The monoisotopic (exact) mass is 368 g/mol. The number of nitrogens with zero attached hydrogens (tertiary/aromatic N) is 4. The Balaban J connectivity index is 1.50. The van der Waals surface area contributed by atoms with Gasteiger partial charge in [0.2, 0.25) is 5.82 Å². The highest BCUT2D eigenvalue weighted by Gasteiger charge is 2.29. The molecule has 2 aliphatic heterocycles. The van der Waals surface area contributed by atoms with Gasteiger partial charge in [0.15, 0.2) is 0 Å². The number of carbonyl (C=O) groups excluding carboxylic acids is 1. The fraction of sp³-hybridized carbons (Fsp3) is 0.500. The van der Waals surface area contributed by atoms with Crippen LogP contribution in [0.3, 0.4) is 0 Å². The fourth-order valence-electron chi connectivity index (χ4n) is 4.12. The molecule has 1 aromatic heterocycles. The summed E-state index contributed by atoms with van der Waals surface area (Å²) in [7, 11) is 0. The summed E-state index contributed by atoms with van der Waals surface area (Å²) in [5.41, 5.74) is 1.37. The first-order valence-electron chi connectivity index (χ1n) is 9.68. The van der Waals surface area contributed by atoms with Crippen molar-refractivity contribution < 1.29 is 14.7 Å². The minimum absolute atomic E-state index is 0.0393. The standard InChI is InChI=1S/C20H24N4O3/c25-19(18-22-21-17-6-2-1-3-12-24(17)18)23-11-4-5-16(13-23)14-7-9-15(10-8-14)20(26)27/h7-10,16H,1-6,11-13H2,(H,26,27)/t16-/m1/s1. The highest BCUT2D eigenvalue weighted by atomic mass is 16.4. The van der Waals surface area contributed by atoms with Crippen molar-refractivity contribution in [3.05, 3.63) is 47.0 Å². The van der Waals surface area contributed by atoms with E-state index in [4.69, 9.17) is 5.11 Å². The van der Waals surface area contributed by atoms with Crippen LogP contribution in [0.5, 0.6) is 0 Å². The number of carboxylic acids is 1. The SMILES string of the molecule is O=C(O)c1ccc([C@@H]2CCCN(C(=O)c3nnc4n3CCCCC4)C2)cc1. The first-order chi connectivity index (χ1) is 13.1. The Morgan fingerprint density at radius 1 is 1.00 bits per heavy atom. The third-order valence-corrected chi connectivity index (χ3v) is 5.64. The van der Waals surface area contributed by atoms with E-state index in [9.17, 15) is 9.59 Å². The molecular formula is C20H24N4O3. The summed E-state index contributed by atoms with van der Waals surface area (Å²) in [6.45, 7) is 2.18.